The Labute approximate surface area is 193 Å². The molecule has 4 aromatic rings. The largest absolute Gasteiger partial charge is 0.326 e. The number of aromatic amines is 1. The molecule has 32 heavy (non-hydrogen) atoms. The smallest absolute Gasteiger partial charge is 0.233 e. The average Bonchev–Trinajstić information content (AvgIpc) is 3.17. The van der Waals surface area contributed by atoms with Crippen LogP contribution in [0.15, 0.2) is 54.6 Å². The molecule has 11 heteroatoms. The summed E-state index contributed by atoms with van der Waals surface area (Å²) < 4.78 is 0. The van der Waals surface area contributed by atoms with E-state index in [0.717, 1.165) is 5.69 Å². The van der Waals surface area contributed by atoms with Crippen LogP contribution in [-0.4, -0.2) is 31.1 Å². The molecule has 0 aliphatic heterocycles. The molecule has 0 radical (unpaired) electrons. The van der Waals surface area contributed by atoms with Gasteiger partial charge in [0.25, 0.3) is 0 Å². The standard InChI is InChI=1S/C21H18Cl2N8O/c1-12-24-20(27-14-7-8-16(22)17(23)9-14)29-21(25-12)28-18-10-15(30-31-18)11-19(32)26-13-5-3-2-4-6-13/h2-10H,11H2,1H3,(H,26,32)(H3,24,25,27,28,29,30,31). The van der Waals surface area contributed by atoms with Crippen LogP contribution in [0, 0.1) is 6.92 Å². The van der Waals surface area contributed by atoms with Crippen molar-refractivity contribution in [3.8, 4) is 0 Å². The van der Waals surface area contributed by atoms with Gasteiger partial charge in [0.05, 0.1) is 16.5 Å². The van der Waals surface area contributed by atoms with Crippen LogP contribution in [0.1, 0.15) is 11.5 Å². The number of carbonyl (C=O) groups is 1. The zero-order valence-corrected chi connectivity index (χ0v) is 18.4. The number of para-hydroxylation sites is 1. The maximum atomic E-state index is 12.2. The number of nitrogens with one attached hydrogen (secondary N) is 4. The molecule has 2 heterocycles. The Morgan fingerprint density at radius 2 is 1.66 bits per heavy atom. The Morgan fingerprint density at radius 3 is 2.41 bits per heavy atom. The SMILES string of the molecule is Cc1nc(Nc2ccc(Cl)c(Cl)c2)nc(Nc2cc(CC(=O)Nc3ccccc3)[nH]n2)n1. The molecule has 4 rings (SSSR count). The van der Waals surface area contributed by atoms with Crippen molar-refractivity contribution in [2.45, 2.75) is 13.3 Å². The summed E-state index contributed by atoms with van der Waals surface area (Å²) in [6.45, 7) is 1.75. The van der Waals surface area contributed by atoms with Crippen molar-refractivity contribution in [2.75, 3.05) is 16.0 Å². The number of hydrogen-bond acceptors (Lipinski definition) is 7. The van der Waals surface area contributed by atoms with E-state index in [-0.39, 0.29) is 12.3 Å². The molecular weight excluding hydrogens is 451 g/mol. The van der Waals surface area contributed by atoms with Crippen molar-refractivity contribution in [2.24, 2.45) is 0 Å². The Morgan fingerprint density at radius 1 is 0.906 bits per heavy atom. The molecule has 0 saturated carbocycles. The second kappa shape index (κ2) is 9.63. The van der Waals surface area contributed by atoms with E-state index in [1.54, 1.807) is 31.2 Å². The lowest BCUT2D eigenvalue weighted by Gasteiger charge is -2.08. The fourth-order valence-corrected chi connectivity index (χ4v) is 3.13. The van der Waals surface area contributed by atoms with E-state index >= 15 is 0 Å². The van der Waals surface area contributed by atoms with Crippen molar-refractivity contribution < 1.29 is 4.79 Å². The minimum Gasteiger partial charge on any atom is -0.326 e. The number of aromatic nitrogens is 5. The summed E-state index contributed by atoms with van der Waals surface area (Å²) >= 11 is 12.0. The Bertz CT molecular complexity index is 1250. The van der Waals surface area contributed by atoms with Crippen LogP contribution >= 0.6 is 23.2 Å². The summed E-state index contributed by atoms with van der Waals surface area (Å²) in [5, 5.41) is 16.8. The third-order valence-electron chi connectivity index (χ3n) is 4.20. The molecule has 0 spiro atoms. The van der Waals surface area contributed by atoms with E-state index in [0.29, 0.717) is 45.0 Å². The minimum atomic E-state index is -0.157. The number of aryl methyl sites for hydroxylation is 1. The summed E-state index contributed by atoms with van der Waals surface area (Å²) in [4.78, 5) is 25.1. The second-order valence-electron chi connectivity index (χ2n) is 6.78. The number of anilines is 5. The predicted octanol–water partition coefficient (Wildman–Crippen LogP) is 4.88. The van der Waals surface area contributed by atoms with Crippen molar-refractivity contribution in [3.63, 3.8) is 0 Å². The van der Waals surface area contributed by atoms with E-state index in [1.807, 2.05) is 30.3 Å². The van der Waals surface area contributed by atoms with E-state index in [4.69, 9.17) is 23.2 Å². The van der Waals surface area contributed by atoms with E-state index < -0.39 is 0 Å². The number of H-pyrrole nitrogens is 1. The lowest BCUT2D eigenvalue weighted by molar-refractivity contribution is -0.115. The zero-order chi connectivity index (χ0) is 22.5. The monoisotopic (exact) mass is 468 g/mol. The molecule has 1 amide bonds. The first-order valence-corrected chi connectivity index (χ1v) is 10.3. The maximum Gasteiger partial charge on any atom is 0.233 e. The van der Waals surface area contributed by atoms with Gasteiger partial charge in [-0.15, -0.1) is 0 Å². The van der Waals surface area contributed by atoms with Crippen LogP contribution in [0.3, 0.4) is 0 Å². The molecule has 2 aromatic carbocycles. The molecule has 0 atom stereocenters. The van der Waals surface area contributed by atoms with Gasteiger partial charge >= 0.3 is 0 Å². The number of benzene rings is 2. The average molecular weight is 469 g/mol. The highest BCUT2D eigenvalue weighted by Gasteiger charge is 2.10. The van der Waals surface area contributed by atoms with Gasteiger partial charge in [-0.2, -0.15) is 20.1 Å². The summed E-state index contributed by atoms with van der Waals surface area (Å²) in [5.41, 5.74) is 2.06. The lowest BCUT2D eigenvalue weighted by atomic mass is 10.2. The molecule has 0 aliphatic rings. The van der Waals surface area contributed by atoms with Gasteiger partial charge in [-0.3, -0.25) is 9.89 Å². The molecule has 4 N–H and O–H groups in total. The van der Waals surface area contributed by atoms with Gasteiger partial charge < -0.3 is 16.0 Å². The molecular formula is C21H18Cl2N8O. The Kier molecular flexibility index (Phi) is 6.48. The van der Waals surface area contributed by atoms with Crippen LogP contribution < -0.4 is 16.0 Å². The maximum absolute atomic E-state index is 12.2. The van der Waals surface area contributed by atoms with E-state index in [1.165, 1.54) is 0 Å². The molecule has 0 saturated heterocycles. The van der Waals surface area contributed by atoms with Crippen molar-refractivity contribution in [1.29, 1.82) is 0 Å². The topological polar surface area (TPSA) is 121 Å². The van der Waals surface area contributed by atoms with Crippen LogP contribution in [0.5, 0.6) is 0 Å². The summed E-state index contributed by atoms with van der Waals surface area (Å²) in [6.07, 6.45) is 0.143. The number of carbonyl (C=O) groups excluding carboxylic acids is 1. The third-order valence-corrected chi connectivity index (χ3v) is 4.94. The fourth-order valence-electron chi connectivity index (χ4n) is 2.83. The summed E-state index contributed by atoms with van der Waals surface area (Å²) in [6, 6.07) is 16.1. The number of rotatable bonds is 7. The molecule has 9 nitrogen and oxygen atoms in total. The van der Waals surface area contributed by atoms with Crippen LogP contribution in [0.2, 0.25) is 10.0 Å². The molecule has 162 valence electrons. The third kappa shape index (κ3) is 5.71. The molecule has 0 unspecified atom stereocenters. The highest BCUT2D eigenvalue weighted by molar-refractivity contribution is 6.42. The minimum absolute atomic E-state index is 0.143. The first-order valence-electron chi connectivity index (χ1n) is 9.55. The summed E-state index contributed by atoms with van der Waals surface area (Å²) in [5.74, 6) is 1.44. The number of amides is 1. The number of nitrogens with zero attached hydrogens (tertiary/aromatic N) is 4. The van der Waals surface area contributed by atoms with Gasteiger partial charge in [0, 0.05) is 23.1 Å². The number of halogens is 2. The van der Waals surface area contributed by atoms with Gasteiger partial charge in [0.15, 0.2) is 5.82 Å². The van der Waals surface area contributed by atoms with Crippen molar-refractivity contribution in [3.05, 3.63) is 76.2 Å². The van der Waals surface area contributed by atoms with Crippen LogP contribution in [0.25, 0.3) is 0 Å². The molecule has 0 aliphatic carbocycles. The molecule has 2 aromatic heterocycles. The fraction of sp³-hybridized carbons (Fsp3) is 0.0952. The quantitative estimate of drug-likeness (QED) is 0.305. The van der Waals surface area contributed by atoms with Crippen molar-refractivity contribution >= 4 is 58.2 Å². The first kappa shape index (κ1) is 21.5. The normalized spacial score (nSPS) is 10.6. The van der Waals surface area contributed by atoms with Gasteiger partial charge in [-0.25, -0.2) is 0 Å². The zero-order valence-electron chi connectivity index (χ0n) is 16.9. The number of hydrogen-bond donors (Lipinski definition) is 4. The predicted molar refractivity (Wildman–Crippen MR) is 125 cm³/mol. The van der Waals surface area contributed by atoms with Gasteiger partial charge in [-0.1, -0.05) is 41.4 Å². The van der Waals surface area contributed by atoms with E-state index in [9.17, 15) is 4.79 Å². The van der Waals surface area contributed by atoms with Crippen molar-refractivity contribution in [1.82, 2.24) is 25.1 Å². The van der Waals surface area contributed by atoms with Gasteiger partial charge in [0.1, 0.15) is 5.82 Å². The van der Waals surface area contributed by atoms with Crippen LogP contribution in [0.4, 0.5) is 29.1 Å². The lowest BCUT2D eigenvalue weighted by Crippen LogP contribution is -2.14. The van der Waals surface area contributed by atoms with Gasteiger partial charge in [0.2, 0.25) is 17.8 Å². The van der Waals surface area contributed by atoms with E-state index in [2.05, 4.69) is 41.1 Å². The van der Waals surface area contributed by atoms with Crippen LogP contribution in [-0.2, 0) is 11.2 Å². The second-order valence-corrected chi connectivity index (χ2v) is 7.59. The highest BCUT2D eigenvalue weighted by atomic mass is 35.5. The summed E-state index contributed by atoms with van der Waals surface area (Å²) in [7, 11) is 0. The highest BCUT2D eigenvalue weighted by Crippen LogP contribution is 2.26. The first-order chi connectivity index (χ1) is 15.4. The Balaban J connectivity index is 1.41. The van der Waals surface area contributed by atoms with Gasteiger partial charge in [-0.05, 0) is 37.3 Å². The molecule has 0 bridgehead atoms. The Hall–Kier alpha value is -3.69. The molecule has 0 fully saturated rings.